The lowest BCUT2D eigenvalue weighted by Gasteiger charge is -2.11. The summed E-state index contributed by atoms with van der Waals surface area (Å²) in [6, 6.07) is 6.52. The third kappa shape index (κ3) is 8.29. The van der Waals surface area contributed by atoms with Crippen molar-refractivity contribution in [2.45, 2.75) is 33.0 Å². The first-order valence-corrected chi connectivity index (χ1v) is 9.39. The zero-order chi connectivity index (χ0) is 19.7. The Morgan fingerprint density at radius 1 is 1.30 bits per heavy atom. The van der Waals surface area contributed by atoms with Gasteiger partial charge in [-0.05, 0) is 31.5 Å². The van der Waals surface area contributed by atoms with Crippen molar-refractivity contribution in [1.82, 2.24) is 15.6 Å². The zero-order valence-electron chi connectivity index (χ0n) is 15.3. The summed E-state index contributed by atoms with van der Waals surface area (Å²) in [6.07, 6.45) is -1.71. The molecule has 2 aromatic rings. The molecule has 0 atom stereocenters. The number of halogens is 3. The molecule has 2 rings (SSSR count). The van der Waals surface area contributed by atoms with Gasteiger partial charge in [0.2, 0.25) is 0 Å². The molecule has 148 valence electrons. The zero-order valence-corrected chi connectivity index (χ0v) is 16.1. The Balaban J connectivity index is 1.89. The summed E-state index contributed by atoms with van der Waals surface area (Å²) in [6.45, 7) is 4.40. The van der Waals surface area contributed by atoms with E-state index in [1.165, 1.54) is 10.9 Å². The summed E-state index contributed by atoms with van der Waals surface area (Å²) >= 11 is 1.67. The molecule has 0 unspecified atom stereocenters. The van der Waals surface area contributed by atoms with Crippen molar-refractivity contribution in [2.75, 3.05) is 19.7 Å². The number of aromatic nitrogens is 1. The molecule has 0 aliphatic heterocycles. The minimum Gasteiger partial charge on any atom is -0.484 e. The van der Waals surface area contributed by atoms with E-state index in [2.05, 4.69) is 20.6 Å². The van der Waals surface area contributed by atoms with E-state index < -0.39 is 12.8 Å². The van der Waals surface area contributed by atoms with Gasteiger partial charge in [0, 0.05) is 30.6 Å². The van der Waals surface area contributed by atoms with Gasteiger partial charge < -0.3 is 15.4 Å². The molecule has 0 aliphatic rings. The predicted molar refractivity (Wildman–Crippen MR) is 101 cm³/mol. The normalized spacial score (nSPS) is 12.1. The molecule has 0 aliphatic carbocycles. The minimum atomic E-state index is -4.35. The van der Waals surface area contributed by atoms with Crippen LogP contribution in [0.25, 0.3) is 0 Å². The Morgan fingerprint density at radius 3 is 2.78 bits per heavy atom. The molecule has 5 nitrogen and oxygen atoms in total. The number of hydrogen-bond donors (Lipinski definition) is 2. The smallest absolute Gasteiger partial charge is 0.422 e. The number of hydrogen-bond acceptors (Lipinski definition) is 4. The Hall–Kier alpha value is -2.29. The van der Waals surface area contributed by atoms with Gasteiger partial charge in [-0.1, -0.05) is 12.1 Å². The molecule has 0 spiro atoms. The maximum absolute atomic E-state index is 12.3. The Bertz CT molecular complexity index is 746. The summed E-state index contributed by atoms with van der Waals surface area (Å²) < 4.78 is 41.5. The van der Waals surface area contributed by atoms with Crippen LogP contribution in [0.2, 0.25) is 0 Å². The van der Waals surface area contributed by atoms with Crippen molar-refractivity contribution < 1.29 is 17.9 Å². The molecule has 1 aromatic heterocycles. The van der Waals surface area contributed by atoms with Crippen LogP contribution in [0, 0.1) is 6.92 Å². The van der Waals surface area contributed by atoms with E-state index in [1.807, 2.05) is 20.0 Å². The van der Waals surface area contributed by atoms with Crippen LogP contribution >= 0.6 is 11.3 Å². The summed E-state index contributed by atoms with van der Waals surface area (Å²) in [4.78, 5) is 9.97. The molecule has 0 saturated heterocycles. The van der Waals surface area contributed by atoms with Crippen LogP contribution in [0.5, 0.6) is 5.75 Å². The second kappa shape index (κ2) is 10.1. The predicted octanol–water partition coefficient (Wildman–Crippen LogP) is 3.69. The van der Waals surface area contributed by atoms with Gasteiger partial charge in [0.1, 0.15) is 5.75 Å². The number of alkyl halides is 3. The molecule has 9 heteroatoms. The Labute approximate surface area is 160 Å². The fourth-order valence-electron chi connectivity index (χ4n) is 2.22. The number of thiazole rings is 1. The third-order valence-corrected chi connectivity index (χ3v) is 4.34. The van der Waals surface area contributed by atoms with Crippen molar-refractivity contribution in [3.8, 4) is 5.75 Å². The van der Waals surface area contributed by atoms with E-state index in [0.29, 0.717) is 25.6 Å². The van der Waals surface area contributed by atoms with Crippen molar-refractivity contribution in [3.05, 3.63) is 45.9 Å². The summed E-state index contributed by atoms with van der Waals surface area (Å²) in [5.41, 5.74) is 0.766. The highest BCUT2D eigenvalue weighted by atomic mass is 32.1. The van der Waals surface area contributed by atoms with Crippen molar-refractivity contribution in [3.63, 3.8) is 0 Å². The van der Waals surface area contributed by atoms with Gasteiger partial charge >= 0.3 is 6.18 Å². The highest BCUT2D eigenvalue weighted by molar-refractivity contribution is 7.11. The number of nitrogens with zero attached hydrogens (tertiary/aromatic N) is 2. The number of aryl methyl sites for hydroxylation is 1. The summed E-state index contributed by atoms with van der Waals surface area (Å²) in [5, 5.41) is 7.44. The van der Waals surface area contributed by atoms with Gasteiger partial charge in [-0.3, -0.25) is 0 Å². The van der Waals surface area contributed by atoms with Gasteiger partial charge in [0.25, 0.3) is 0 Å². The van der Waals surface area contributed by atoms with Gasteiger partial charge in [0.05, 0.1) is 11.6 Å². The van der Waals surface area contributed by atoms with E-state index in [-0.39, 0.29) is 5.75 Å². The summed E-state index contributed by atoms with van der Waals surface area (Å²) in [5.74, 6) is 0.824. The fourth-order valence-corrected chi connectivity index (χ4v) is 3.00. The van der Waals surface area contributed by atoms with Gasteiger partial charge in [-0.2, -0.15) is 13.2 Å². The molecule has 0 amide bonds. The molecule has 0 bridgehead atoms. The number of rotatable bonds is 8. The van der Waals surface area contributed by atoms with Crippen molar-refractivity contribution in [2.24, 2.45) is 4.99 Å². The average molecular weight is 400 g/mol. The number of guanidine groups is 1. The van der Waals surface area contributed by atoms with E-state index in [1.54, 1.807) is 29.5 Å². The van der Waals surface area contributed by atoms with Crippen molar-refractivity contribution in [1.29, 1.82) is 0 Å². The highest BCUT2D eigenvalue weighted by Gasteiger charge is 2.28. The number of nitrogens with one attached hydrogen (secondary N) is 2. The molecule has 1 aromatic carbocycles. The Morgan fingerprint density at radius 2 is 2.11 bits per heavy atom. The molecular weight excluding hydrogens is 377 g/mol. The van der Waals surface area contributed by atoms with Gasteiger partial charge in [-0.25, -0.2) is 9.98 Å². The van der Waals surface area contributed by atoms with Crippen molar-refractivity contribution >= 4 is 17.3 Å². The largest absolute Gasteiger partial charge is 0.484 e. The van der Waals surface area contributed by atoms with Gasteiger partial charge in [-0.15, -0.1) is 11.3 Å². The molecule has 0 saturated carbocycles. The molecule has 0 radical (unpaired) electrons. The van der Waals surface area contributed by atoms with E-state index in [4.69, 9.17) is 4.74 Å². The first kappa shape index (κ1) is 21.0. The van der Waals surface area contributed by atoms with Crippen LogP contribution in [0.4, 0.5) is 13.2 Å². The van der Waals surface area contributed by atoms with Crippen LogP contribution in [0.15, 0.2) is 35.5 Å². The molecule has 0 fully saturated rings. The monoisotopic (exact) mass is 400 g/mol. The Kier molecular flexibility index (Phi) is 7.90. The standard InChI is InChI=1S/C18H23F3N4OS/c1-3-22-17(23-8-7-16-24-10-13(2)27-16)25-11-14-5-4-6-15(9-14)26-12-18(19,20)21/h4-6,9-10H,3,7-8,11-12H2,1-2H3,(H2,22,23,25). The molecular formula is C18H23F3N4OS. The van der Waals surface area contributed by atoms with Crippen LogP contribution < -0.4 is 15.4 Å². The molecule has 27 heavy (non-hydrogen) atoms. The lowest BCUT2D eigenvalue weighted by atomic mass is 10.2. The number of benzene rings is 1. The lowest BCUT2D eigenvalue weighted by molar-refractivity contribution is -0.153. The molecule has 2 N–H and O–H groups in total. The van der Waals surface area contributed by atoms with Crippen LogP contribution in [0.3, 0.4) is 0 Å². The third-order valence-electron chi connectivity index (χ3n) is 3.37. The van der Waals surface area contributed by atoms with Crippen LogP contribution in [-0.2, 0) is 13.0 Å². The second-order valence-electron chi connectivity index (χ2n) is 5.79. The van der Waals surface area contributed by atoms with E-state index in [0.717, 1.165) is 17.0 Å². The lowest BCUT2D eigenvalue weighted by Crippen LogP contribution is -2.38. The van der Waals surface area contributed by atoms with E-state index in [9.17, 15) is 13.2 Å². The highest BCUT2D eigenvalue weighted by Crippen LogP contribution is 2.19. The maximum Gasteiger partial charge on any atom is 0.422 e. The maximum atomic E-state index is 12.3. The van der Waals surface area contributed by atoms with Crippen LogP contribution in [-0.4, -0.2) is 36.8 Å². The van der Waals surface area contributed by atoms with E-state index >= 15 is 0 Å². The topological polar surface area (TPSA) is 58.5 Å². The van der Waals surface area contributed by atoms with Gasteiger partial charge in [0.15, 0.2) is 12.6 Å². The minimum absolute atomic E-state index is 0.178. The summed E-state index contributed by atoms with van der Waals surface area (Å²) in [7, 11) is 0. The number of aliphatic imine (C=N–C) groups is 1. The first-order chi connectivity index (χ1) is 12.9. The molecule has 1 heterocycles. The van der Waals surface area contributed by atoms with Crippen LogP contribution in [0.1, 0.15) is 22.4 Å². The second-order valence-corrected chi connectivity index (χ2v) is 7.11. The quantitative estimate of drug-likeness (QED) is 0.524. The average Bonchev–Trinajstić information content (AvgIpc) is 3.03. The fraction of sp³-hybridized carbons (Fsp3) is 0.444. The first-order valence-electron chi connectivity index (χ1n) is 8.57. The SMILES string of the molecule is CCNC(=NCc1cccc(OCC(F)(F)F)c1)NCCc1ncc(C)s1. The number of ether oxygens (including phenoxy) is 1.